The zero-order valence-electron chi connectivity index (χ0n) is 47.5. The van der Waals surface area contributed by atoms with Crippen LogP contribution < -0.4 is 0 Å². The molecule has 0 aromatic rings. The van der Waals surface area contributed by atoms with Crippen molar-refractivity contribution in [3.05, 3.63) is 134 Å². The number of hydrogen-bond acceptors (Lipinski definition) is 7. The van der Waals surface area contributed by atoms with Gasteiger partial charge in [0.05, 0.1) is 27.7 Å². The second kappa shape index (κ2) is 54.0. The molecule has 0 aliphatic rings. The lowest BCUT2D eigenvalue weighted by Crippen LogP contribution is -2.37. The van der Waals surface area contributed by atoms with Crippen LogP contribution in [0, 0.1) is 0 Å². The number of unbranched alkanes of at least 4 members (excludes halogenated alkanes) is 15. The lowest BCUT2D eigenvalue weighted by atomic mass is 10.1. The highest BCUT2D eigenvalue weighted by atomic mass is 31.2. The number of quaternary nitrogens is 1. The van der Waals surface area contributed by atoms with Gasteiger partial charge in [0, 0.05) is 12.8 Å². The van der Waals surface area contributed by atoms with Crippen LogP contribution in [0.25, 0.3) is 0 Å². The number of esters is 2. The van der Waals surface area contributed by atoms with Crippen molar-refractivity contribution in [1.82, 2.24) is 0 Å². The minimum atomic E-state index is -4.40. The van der Waals surface area contributed by atoms with Crippen molar-refractivity contribution < 1.29 is 42.1 Å². The van der Waals surface area contributed by atoms with E-state index in [0.29, 0.717) is 17.4 Å². The number of phosphoric ester groups is 1. The number of carbonyl (C=O) groups is 2. The molecule has 0 saturated carbocycles. The number of allylic oxidation sites excluding steroid dienone is 22. The van der Waals surface area contributed by atoms with Crippen LogP contribution in [0.1, 0.15) is 206 Å². The molecule has 0 heterocycles. The summed E-state index contributed by atoms with van der Waals surface area (Å²) in [5.74, 6) is -0.834. The summed E-state index contributed by atoms with van der Waals surface area (Å²) < 4.78 is 34.5. The van der Waals surface area contributed by atoms with Gasteiger partial charge in [-0.05, 0) is 109 Å². The molecule has 74 heavy (non-hydrogen) atoms. The second-order valence-electron chi connectivity index (χ2n) is 19.9. The fourth-order valence-electron chi connectivity index (χ4n) is 7.28. The normalized spacial score (nSPS) is 14.3. The van der Waals surface area contributed by atoms with E-state index in [4.69, 9.17) is 18.5 Å². The van der Waals surface area contributed by atoms with Gasteiger partial charge in [0.2, 0.25) is 0 Å². The smallest absolute Gasteiger partial charge is 0.462 e. The Kier molecular flexibility index (Phi) is 51.2. The SMILES string of the molecule is CC/C=C\C/C=C\C/C=C\C/C=C\C/C=C\C/C=C\C/C=C\CCCCCCCC(=O)OC(COC(=O)CCCCCCCCCCCC/C=C\C/C=C\C/C=C\C/C=C\CC)COP(=O)(O)OCC[N+](C)(C)C. The molecular weight excluding hydrogens is 942 g/mol. The van der Waals surface area contributed by atoms with E-state index < -0.39 is 26.5 Å². The fourth-order valence-corrected chi connectivity index (χ4v) is 8.02. The molecule has 420 valence electrons. The summed E-state index contributed by atoms with van der Waals surface area (Å²) in [4.78, 5) is 35.7. The largest absolute Gasteiger partial charge is 0.472 e. The lowest BCUT2D eigenvalue weighted by molar-refractivity contribution is -0.870. The van der Waals surface area contributed by atoms with E-state index in [1.54, 1.807) is 0 Å². The molecule has 0 aliphatic carbocycles. The van der Waals surface area contributed by atoms with Gasteiger partial charge in [-0.15, -0.1) is 0 Å². The molecule has 0 radical (unpaired) electrons. The van der Waals surface area contributed by atoms with E-state index in [0.717, 1.165) is 135 Å². The number of likely N-dealkylation sites (N-methyl/N-ethyl adjacent to an activating group) is 1. The molecule has 2 atom stereocenters. The highest BCUT2D eigenvalue weighted by Gasteiger charge is 2.27. The van der Waals surface area contributed by atoms with Crippen LogP contribution in [-0.4, -0.2) is 74.9 Å². The van der Waals surface area contributed by atoms with Gasteiger partial charge in [0.1, 0.15) is 19.8 Å². The minimum Gasteiger partial charge on any atom is -0.462 e. The molecular formula is C64H107NO8P+. The Morgan fingerprint density at radius 3 is 1.08 bits per heavy atom. The predicted molar refractivity (Wildman–Crippen MR) is 316 cm³/mol. The molecule has 0 saturated heterocycles. The van der Waals surface area contributed by atoms with Gasteiger partial charge >= 0.3 is 19.8 Å². The van der Waals surface area contributed by atoms with Crippen LogP contribution >= 0.6 is 7.82 Å². The molecule has 0 aromatic carbocycles. The molecule has 9 nitrogen and oxygen atoms in total. The molecule has 0 amide bonds. The topological polar surface area (TPSA) is 108 Å². The maximum atomic E-state index is 12.8. The van der Waals surface area contributed by atoms with E-state index in [9.17, 15) is 19.0 Å². The van der Waals surface area contributed by atoms with Gasteiger partial charge in [-0.2, -0.15) is 0 Å². The molecule has 0 aromatic heterocycles. The third-order valence-electron chi connectivity index (χ3n) is 11.7. The quantitative estimate of drug-likeness (QED) is 0.0211. The maximum absolute atomic E-state index is 12.8. The molecule has 0 bridgehead atoms. The van der Waals surface area contributed by atoms with E-state index in [2.05, 4.69) is 148 Å². The van der Waals surface area contributed by atoms with E-state index in [-0.39, 0.29) is 32.0 Å². The Morgan fingerprint density at radius 2 is 0.730 bits per heavy atom. The van der Waals surface area contributed by atoms with Crippen molar-refractivity contribution in [2.45, 2.75) is 213 Å². The van der Waals surface area contributed by atoms with Crippen LogP contribution in [0.2, 0.25) is 0 Å². The molecule has 0 fully saturated rings. The van der Waals surface area contributed by atoms with E-state index >= 15 is 0 Å². The van der Waals surface area contributed by atoms with Crippen LogP contribution in [0.3, 0.4) is 0 Å². The Hall–Kier alpha value is -3.85. The number of rotatable bonds is 51. The minimum absolute atomic E-state index is 0.0189. The van der Waals surface area contributed by atoms with Gasteiger partial charge in [-0.25, -0.2) is 4.57 Å². The molecule has 10 heteroatoms. The average molecular weight is 1050 g/mol. The van der Waals surface area contributed by atoms with Crippen LogP contribution in [0.15, 0.2) is 134 Å². The molecule has 0 spiro atoms. The molecule has 1 N–H and O–H groups in total. The van der Waals surface area contributed by atoms with E-state index in [1.165, 1.54) is 38.5 Å². The lowest BCUT2D eigenvalue weighted by Gasteiger charge is -2.24. The van der Waals surface area contributed by atoms with Crippen molar-refractivity contribution in [3.8, 4) is 0 Å². The first-order valence-corrected chi connectivity index (χ1v) is 30.4. The van der Waals surface area contributed by atoms with E-state index in [1.807, 2.05) is 21.1 Å². The van der Waals surface area contributed by atoms with Gasteiger partial charge in [0.15, 0.2) is 6.10 Å². The monoisotopic (exact) mass is 1050 g/mol. The standard InChI is InChI=1S/C64H106NO8P/c1-6-8-10-12-14-16-18-20-22-24-26-28-30-31-32-33-35-37-39-41-43-45-47-49-51-53-55-57-64(67)73-62(61-72-74(68,69)71-59-58-65(3,4)5)60-70-63(66)56-54-52-50-48-46-44-42-40-38-36-34-29-27-25-23-21-19-17-15-13-11-9-7-2/h8-11,14-17,20-23,26-29,31-32,35,37,41,43,62H,6-7,12-13,18-19,24-25,30,33-34,36,38-40,42,44-61H2,1-5H3/p+1/b10-8-,11-9-,16-14-,17-15-,22-20-,23-21-,28-26-,29-27-,32-31-,37-35-,43-41-. The first-order chi connectivity index (χ1) is 36.0. The number of phosphoric acid groups is 1. The Morgan fingerprint density at radius 1 is 0.419 bits per heavy atom. The summed E-state index contributed by atoms with van der Waals surface area (Å²) in [7, 11) is 1.44. The number of nitrogens with zero attached hydrogens (tertiary/aromatic N) is 1. The van der Waals surface area contributed by atoms with Crippen molar-refractivity contribution in [2.75, 3.05) is 47.5 Å². The molecule has 0 aliphatic heterocycles. The summed E-state index contributed by atoms with van der Waals surface area (Å²) in [6.45, 7) is 4.16. The Labute approximate surface area is 453 Å². The van der Waals surface area contributed by atoms with Crippen molar-refractivity contribution in [2.24, 2.45) is 0 Å². The first kappa shape index (κ1) is 70.1. The summed E-state index contributed by atoms with van der Waals surface area (Å²) >= 11 is 0. The molecule has 2 unspecified atom stereocenters. The number of ether oxygens (including phenoxy) is 2. The van der Waals surface area contributed by atoms with Gasteiger partial charge in [-0.1, -0.05) is 218 Å². The Bertz CT molecular complexity index is 1710. The number of carbonyl (C=O) groups excluding carboxylic acids is 2. The van der Waals surface area contributed by atoms with Gasteiger partial charge in [-0.3, -0.25) is 18.6 Å². The van der Waals surface area contributed by atoms with Crippen molar-refractivity contribution in [3.63, 3.8) is 0 Å². The Balaban J connectivity index is 4.27. The maximum Gasteiger partial charge on any atom is 0.472 e. The summed E-state index contributed by atoms with van der Waals surface area (Å²) in [6, 6.07) is 0. The second-order valence-corrected chi connectivity index (χ2v) is 21.4. The van der Waals surface area contributed by atoms with Crippen molar-refractivity contribution >= 4 is 19.8 Å². The summed E-state index contributed by atoms with van der Waals surface area (Å²) in [5, 5.41) is 0. The van der Waals surface area contributed by atoms with Crippen LogP contribution in [0.5, 0.6) is 0 Å². The third-order valence-corrected chi connectivity index (χ3v) is 12.7. The fraction of sp³-hybridized carbons (Fsp3) is 0.625. The third kappa shape index (κ3) is 57.4. The summed E-state index contributed by atoms with van der Waals surface area (Å²) in [5.41, 5.74) is 0. The zero-order valence-corrected chi connectivity index (χ0v) is 48.4. The highest BCUT2D eigenvalue weighted by Crippen LogP contribution is 2.43. The van der Waals surface area contributed by atoms with Crippen molar-refractivity contribution in [1.29, 1.82) is 0 Å². The first-order valence-electron chi connectivity index (χ1n) is 28.9. The predicted octanol–water partition coefficient (Wildman–Crippen LogP) is 18.1. The van der Waals surface area contributed by atoms with Gasteiger partial charge < -0.3 is 18.9 Å². The van der Waals surface area contributed by atoms with Crippen LogP contribution in [-0.2, 0) is 32.7 Å². The highest BCUT2D eigenvalue weighted by molar-refractivity contribution is 7.47. The van der Waals surface area contributed by atoms with Gasteiger partial charge in [0.25, 0.3) is 0 Å². The summed E-state index contributed by atoms with van der Waals surface area (Å²) in [6.07, 6.45) is 77.9. The zero-order chi connectivity index (χ0) is 54.2. The average Bonchev–Trinajstić information content (AvgIpc) is 3.36. The van der Waals surface area contributed by atoms with Crippen LogP contribution in [0.4, 0.5) is 0 Å². The number of hydrogen-bond donors (Lipinski definition) is 1. The molecule has 0 rings (SSSR count).